The Morgan fingerprint density at radius 3 is 2.77 bits per heavy atom. The number of rotatable bonds is 3. The molecule has 1 saturated carbocycles. The van der Waals surface area contributed by atoms with Crippen LogP contribution in [-0.2, 0) is 16.1 Å². The zero-order valence-electron chi connectivity index (χ0n) is 12.7. The Bertz CT molecular complexity index is 564. The van der Waals surface area contributed by atoms with Crippen LogP contribution >= 0.6 is 0 Å². The maximum atomic E-state index is 13.4. The second-order valence-corrected chi connectivity index (χ2v) is 6.31. The highest BCUT2D eigenvalue weighted by atomic mass is 19.2. The van der Waals surface area contributed by atoms with Crippen molar-refractivity contribution in [1.29, 1.82) is 0 Å². The second-order valence-electron chi connectivity index (χ2n) is 6.31. The molecule has 0 radical (unpaired) electrons. The first-order valence-corrected chi connectivity index (χ1v) is 7.87. The van der Waals surface area contributed by atoms with E-state index in [-0.39, 0.29) is 12.0 Å². The number of carbonyl (C=O) groups is 1. The lowest BCUT2D eigenvalue weighted by atomic mass is 9.84. The van der Waals surface area contributed by atoms with Gasteiger partial charge in [-0.1, -0.05) is 18.9 Å². The molecule has 2 fully saturated rings. The molecule has 2 aliphatic rings. The predicted molar refractivity (Wildman–Crippen MR) is 78.1 cm³/mol. The molecule has 5 heteroatoms. The molecule has 0 amide bonds. The van der Waals surface area contributed by atoms with Gasteiger partial charge in [0.05, 0.1) is 7.11 Å². The van der Waals surface area contributed by atoms with E-state index in [1.165, 1.54) is 19.6 Å². The molecule has 1 aliphatic carbocycles. The van der Waals surface area contributed by atoms with Crippen LogP contribution in [0.2, 0.25) is 0 Å². The number of methoxy groups -OCH3 is 1. The van der Waals surface area contributed by atoms with Crippen LogP contribution in [0, 0.1) is 17.6 Å². The molecule has 1 aromatic carbocycles. The molecular formula is C17H21F2NO2. The molecule has 1 heterocycles. The zero-order chi connectivity index (χ0) is 15.7. The van der Waals surface area contributed by atoms with Crippen molar-refractivity contribution in [3.8, 4) is 0 Å². The fraction of sp³-hybridized carbons (Fsp3) is 0.588. The van der Waals surface area contributed by atoms with Crippen LogP contribution in [0.25, 0.3) is 0 Å². The van der Waals surface area contributed by atoms with Crippen LogP contribution in [0.5, 0.6) is 0 Å². The number of ether oxygens (including phenoxy) is 1. The lowest BCUT2D eigenvalue weighted by molar-refractivity contribution is -0.146. The van der Waals surface area contributed by atoms with E-state index in [1.54, 1.807) is 6.07 Å². The summed E-state index contributed by atoms with van der Waals surface area (Å²) in [6.45, 7) is 0.456. The molecule has 3 atom stereocenters. The van der Waals surface area contributed by atoms with Gasteiger partial charge in [-0.25, -0.2) is 8.78 Å². The Morgan fingerprint density at radius 1 is 1.27 bits per heavy atom. The van der Waals surface area contributed by atoms with Crippen molar-refractivity contribution in [3.63, 3.8) is 0 Å². The van der Waals surface area contributed by atoms with Gasteiger partial charge < -0.3 is 4.74 Å². The third-order valence-corrected chi connectivity index (χ3v) is 5.04. The lowest BCUT2D eigenvalue weighted by Gasteiger charge is -2.33. The Morgan fingerprint density at radius 2 is 2.05 bits per heavy atom. The van der Waals surface area contributed by atoms with Crippen molar-refractivity contribution in [2.45, 2.75) is 50.7 Å². The summed E-state index contributed by atoms with van der Waals surface area (Å²) < 4.78 is 31.4. The van der Waals surface area contributed by atoms with Gasteiger partial charge in [-0.15, -0.1) is 0 Å². The van der Waals surface area contributed by atoms with Gasteiger partial charge in [0.25, 0.3) is 0 Å². The molecule has 1 aromatic rings. The van der Waals surface area contributed by atoms with E-state index in [4.69, 9.17) is 4.74 Å². The second kappa shape index (κ2) is 6.32. The first-order valence-electron chi connectivity index (χ1n) is 7.87. The summed E-state index contributed by atoms with van der Waals surface area (Å²) in [6.07, 6.45) is 5.35. The number of carbonyl (C=O) groups excluding carboxylic acids is 1. The Labute approximate surface area is 129 Å². The molecule has 1 aliphatic heterocycles. The standard InChI is InChI=1S/C17H21F2NO2/c1-22-17(21)16-9-12-4-2-3-5-15(12)20(16)10-11-6-7-13(18)14(19)8-11/h6-8,12,15-16H,2-5,9-10H2,1H3. The number of likely N-dealkylation sites (tertiary alicyclic amines) is 1. The third-order valence-electron chi connectivity index (χ3n) is 5.04. The largest absolute Gasteiger partial charge is 0.468 e. The SMILES string of the molecule is COC(=O)C1CC2CCCCC2N1Cc1ccc(F)c(F)c1. The monoisotopic (exact) mass is 309 g/mol. The van der Waals surface area contributed by atoms with Gasteiger partial charge in [-0.2, -0.15) is 0 Å². The van der Waals surface area contributed by atoms with E-state index < -0.39 is 11.6 Å². The molecule has 0 aromatic heterocycles. The number of benzene rings is 1. The Hall–Kier alpha value is -1.49. The van der Waals surface area contributed by atoms with E-state index in [0.29, 0.717) is 24.1 Å². The molecule has 3 nitrogen and oxygen atoms in total. The van der Waals surface area contributed by atoms with Gasteiger partial charge in [0, 0.05) is 12.6 Å². The van der Waals surface area contributed by atoms with E-state index in [2.05, 4.69) is 4.90 Å². The van der Waals surface area contributed by atoms with Gasteiger partial charge >= 0.3 is 5.97 Å². The van der Waals surface area contributed by atoms with E-state index in [0.717, 1.165) is 31.7 Å². The molecule has 1 saturated heterocycles. The molecule has 22 heavy (non-hydrogen) atoms. The zero-order valence-corrected chi connectivity index (χ0v) is 12.7. The fourth-order valence-electron chi connectivity index (χ4n) is 4.00. The third kappa shape index (κ3) is 2.86. The van der Waals surface area contributed by atoms with Crippen molar-refractivity contribution in [2.75, 3.05) is 7.11 Å². The highest BCUT2D eigenvalue weighted by molar-refractivity contribution is 5.76. The molecular weight excluding hydrogens is 288 g/mol. The highest BCUT2D eigenvalue weighted by Gasteiger charge is 2.45. The minimum atomic E-state index is -0.842. The molecule has 0 bridgehead atoms. The number of esters is 1. The summed E-state index contributed by atoms with van der Waals surface area (Å²) in [5, 5.41) is 0. The molecule has 3 unspecified atom stereocenters. The van der Waals surface area contributed by atoms with Gasteiger partial charge in [-0.05, 0) is 42.9 Å². The summed E-state index contributed by atoms with van der Waals surface area (Å²) in [5.74, 6) is -1.41. The molecule has 120 valence electrons. The van der Waals surface area contributed by atoms with Crippen LogP contribution in [0.15, 0.2) is 18.2 Å². The average molecular weight is 309 g/mol. The predicted octanol–water partition coefficient (Wildman–Crippen LogP) is 3.27. The van der Waals surface area contributed by atoms with Crippen molar-refractivity contribution >= 4 is 5.97 Å². The number of fused-ring (bicyclic) bond motifs is 1. The van der Waals surface area contributed by atoms with E-state index in [9.17, 15) is 13.6 Å². The maximum absolute atomic E-state index is 13.4. The topological polar surface area (TPSA) is 29.5 Å². The summed E-state index contributed by atoms with van der Waals surface area (Å²) in [7, 11) is 1.40. The minimum Gasteiger partial charge on any atom is -0.468 e. The molecule has 0 spiro atoms. The first-order chi connectivity index (χ1) is 10.6. The maximum Gasteiger partial charge on any atom is 0.323 e. The highest BCUT2D eigenvalue weighted by Crippen LogP contribution is 2.40. The van der Waals surface area contributed by atoms with Gasteiger partial charge in [0.1, 0.15) is 6.04 Å². The Kier molecular flexibility index (Phi) is 4.43. The molecule has 3 rings (SSSR count). The van der Waals surface area contributed by atoms with Gasteiger partial charge in [0.2, 0.25) is 0 Å². The van der Waals surface area contributed by atoms with Crippen LogP contribution in [0.3, 0.4) is 0 Å². The quantitative estimate of drug-likeness (QED) is 0.803. The molecule has 0 N–H and O–H groups in total. The van der Waals surface area contributed by atoms with Gasteiger partial charge in [-0.3, -0.25) is 9.69 Å². The van der Waals surface area contributed by atoms with E-state index >= 15 is 0 Å². The first kappa shape index (κ1) is 15.4. The van der Waals surface area contributed by atoms with Crippen molar-refractivity contribution in [1.82, 2.24) is 4.90 Å². The fourth-order valence-corrected chi connectivity index (χ4v) is 4.00. The average Bonchev–Trinajstić information content (AvgIpc) is 2.89. The van der Waals surface area contributed by atoms with Crippen LogP contribution < -0.4 is 0 Å². The smallest absolute Gasteiger partial charge is 0.323 e. The lowest BCUT2D eigenvalue weighted by Crippen LogP contribution is -2.42. The summed E-state index contributed by atoms with van der Waals surface area (Å²) in [4.78, 5) is 14.2. The summed E-state index contributed by atoms with van der Waals surface area (Å²) >= 11 is 0. The minimum absolute atomic E-state index is 0.225. The number of halogens is 2. The van der Waals surface area contributed by atoms with Crippen LogP contribution in [0.4, 0.5) is 8.78 Å². The summed E-state index contributed by atoms with van der Waals surface area (Å²) in [5.41, 5.74) is 0.694. The normalized spacial score (nSPS) is 28.4. The van der Waals surface area contributed by atoms with Gasteiger partial charge in [0.15, 0.2) is 11.6 Å². The number of hydrogen-bond donors (Lipinski definition) is 0. The number of hydrogen-bond acceptors (Lipinski definition) is 3. The number of nitrogens with zero attached hydrogens (tertiary/aromatic N) is 1. The summed E-state index contributed by atoms with van der Waals surface area (Å²) in [6, 6.07) is 4.02. The van der Waals surface area contributed by atoms with Crippen molar-refractivity contribution < 1.29 is 18.3 Å². The van der Waals surface area contributed by atoms with Crippen LogP contribution in [0.1, 0.15) is 37.7 Å². The van der Waals surface area contributed by atoms with Crippen LogP contribution in [-0.4, -0.2) is 30.1 Å². The van der Waals surface area contributed by atoms with Crippen molar-refractivity contribution in [3.05, 3.63) is 35.4 Å². The van der Waals surface area contributed by atoms with E-state index in [1.807, 2.05) is 0 Å². The van der Waals surface area contributed by atoms with Crippen molar-refractivity contribution in [2.24, 2.45) is 5.92 Å². The Balaban J connectivity index is 1.83.